The first kappa shape index (κ1) is 15.0. The van der Waals surface area contributed by atoms with Crippen molar-refractivity contribution in [3.8, 4) is 0 Å². The van der Waals surface area contributed by atoms with Crippen molar-refractivity contribution in [2.45, 2.75) is 36.9 Å². The zero-order valence-corrected chi connectivity index (χ0v) is 12.8. The van der Waals surface area contributed by atoms with Gasteiger partial charge in [0.2, 0.25) is 0 Å². The number of anilines is 2. The molecule has 0 atom stereocenters. The van der Waals surface area contributed by atoms with E-state index in [9.17, 15) is 4.79 Å². The van der Waals surface area contributed by atoms with E-state index in [2.05, 4.69) is 11.6 Å². The number of hydrogen-bond donors (Lipinski definition) is 3. The minimum Gasteiger partial charge on any atom is -0.399 e. The van der Waals surface area contributed by atoms with E-state index >= 15 is 0 Å². The summed E-state index contributed by atoms with van der Waals surface area (Å²) in [7, 11) is 0. The fourth-order valence-electron chi connectivity index (χ4n) is 2.80. The van der Waals surface area contributed by atoms with Gasteiger partial charge in [0.1, 0.15) is 0 Å². The molecule has 1 amide bonds. The monoisotopic (exact) mass is 293 g/mol. The molecule has 0 aliphatic heterocycles. The summed E-state index contributed by atoms with van der Waals surface area (Å²) in [4.78, 5) is 12.2. The van der Waals surface area contributed by atoms with E-state index in [1.807, 2.05) is 11.8 Å². The van der Waals surface area contributed by atoms with Crippen LogP contribution >= 0.6 is 11.8 Å². The molecule has 2 rings (SSSR count). The van der Waals surface area contributed by atoms with E-state index in [-0.39, 0.29) is 10.7 Å². The van der Waals surface area contributed by atoms with Crippen molar-refractivity contribution < 1.29 is 4.79 Å². The number of nitrogen functional groups attached to an aromatic ring is 2. The van der Waals surface area contributed by atoms with E-state index < -0.39 is 0 Å². The maximum atomic E-state index is 12.2. The number of nitrogens with two attached hydrogens (primary N) is 2. The lowest BCUT2D eigenvalue weighted by Crippen LogP contribution is -2.41. The lowest BCUT2D eigenvalue weighted by molar-refractivity contribution is 0.0947. The normalized spacial score (nSPS) is 17.6. The summed E-state index contributed by atoms with van der Waals surface area (Å²) in [6, 6.07) is 4.98. The van der Waals surface area contributed by atoms with Crippen molar-refractivity contribution in [3.05, 3.63) is 23.8 Å². The Labute approximate surface area is 124 Å². The summed E-state index contributed by atoms with van der Waals surface area (Å²) in [6.45, 7) is 0.710. The largest absolute Gasteiger partial charge is 0.399 e. The van der Waals surface area contributed by atoms with Crippen molar-refractivity contribution in [1.29, 1.82) is 0 Å². The van der Waals surface area contributed by atoms with Crippen LogP contribution in [0.3, 0.4) is 0 Å². The lowest BCUT2D eigenvalue weighted by atomic mass is 9.88. The third kappa shape index (κ3) is 3.60. The van der Waals surface area contributed by atoms with Crippen LogP contribution in [0.2, 0.25) is 0 Å². The Morgan fingerprint density at radius 2 is 1.80 bits per heavy atom. The third-order valence-electron chi connectivity index (χ3n) is 4.01. The maximum Gasteiger partial charge on any atom is 0.251 e. The predicted octanol–water partition coefficient (Wildman–Crippen LogP) is 2.65. The minimum absolute atomic E-state index is 0.0944. The second-order valence-corrected chi connectivity index (χ2v) is 6.79. The first-order chi connectivity index (χ1) is 9.54. The van der Waals surface area contributed by atoms with Gasteiger partial charge < -0.3 is 16.8 Å². The maximum absolute atomic E-state index is 12.2. The van der Waals surface area contributed by atoms with Crippen molar-refractivity contribution in [2.24, 2.45) is 0 Å². The second kappa shape index (κ2) is 6.39. The summed E-state index contributed by atoms with van der Waals surface area (Å²) in [6.07, 6.45) is 8.29. The van der Waals surface area contributed by atoms with Gasteiger partial charge in [0.15, 0.2) is 0 Å². The summed E-state index contributed by atoms with van der Waals surface area (Å²) in [5, 5.41) is 3.04. The van der Waals surface area contributed by atoms with Crippen LogP contribution in [0.25, 0.3) is 0 Å². The average molecular weight is 293 g/mol. The minimum atomic E-state index is -0.0944. The van der Waals surface area contributed by atoms with Crippen LogP contribution in [-0.4, -0.2) is 23.5 Å². The highest BCUT2D eigenvalue weighted by atomic mass is 32.2. The molecule has 110 valence electrons. The SMILES string of the molecule is CSC1(CNC(=O)c2cc(N)cc(N)c2)CCCCC1. The highest BCUT2D eigenvalue weighted by molar-refractivity contribution is 8.00. The summed E-state index contributed by atoms with van der Waals surface area (Å²) in [5.74, 6) is -0.0944. The molecule has 4 nitrogen and oxygen atoms in total. The molecule has 5 N–H and O–H groups in total. The van der Waals surface area contributed by atoms with Crippen LogP contribution in [-0.2, 0) is 0 Å². The molecular formula is C15H23N3OS. The summed E-state index contributed by atoms with van der Waals surface area (Å²) >= 11 is 1.87. The van der Waals surface area contributed by atoms with Gasteiger partial charge in [-0.1, -0.05) is 19.3 Å². The van der Waals surface area contributed by atoms with Gasteiger partial charge in [-0.05, 0) is 37.3 Å². The number of carbonyl (C=O) groups is 1. The number of hydrogen-bond acceptors (Lipinski definition) is 4. The van der Waals surface area contributed by atoms with Crippen LogP contribution in [0.4, 0.5) is 11.4 Å². The molecule has 0 unspecified atom stereocenters. The van der Waals surface area contributed by atoms with Crippen LogP contribution in [0.15, 0.2) is 18.2 Å². The van der Waals surface area contributed by atoms with E-state index in [4.69, 9.17) is 11.5 Å². The molecule has 1 aliphatic rings. The number of carbonyl (C=O) groups excluding carboxylic acids is 1. The van der Waals surface area contributed by atoms with Crippen molar-refractivity contribution in [1.82, 2.24) is 5.32 Å². The van der Waals surface area contributed by atoms with Gasteiger partial charge in [-0.3, -0.25) is 4.79 Å². The molecule has 1 aliphatic carbocycles. The van der Waals surface area contributed by atoms with Gasteiger partial charge in [0.05, 0.1) is 0 Å². The highest BCUT2D eigenvalue weighted by Crippen LogP contribution is 2.38. The van der Waals surface area contributed by atoms with E-state index in [1.165, 1.54) is 32.1 Å². The second-order valence-electron chi connectivity index (χ2n) is 5.52. The molecule has 20 heavy (non-hydrogen) atoms. The molecule has 0 saturated heterocycles. The van der Waals surface area contributed by atoms with E-state index in [1.54, 1.807) is 18.2 Å². The molecule has 0 radical (unpaired) electrons. The summed E-state index contributed by atoms with van der Waals surface area (Å²) in [5.41, 5.74) is 13.0. The fourth-order valence-corrected chi connectivity index (χ4v) is 3.71. The Morgan fingerprint density at radius 3 is 2.35 bits per heavy atom. The zero-order chi connectivity index (χ0) is 14.6. The van der Waals surface area contributed by atoms with Crippen LogP contribution in [0.1, 0.15) is 42.5 Å². The quantitative estimate of drug-likeness (QED) is 0.745. The van der Waals surface area contributed by atoms with Gasteiger partial charge >= 0.3 is 0 Å². The molecule has 1 aromatic carbocycles. The van der Waals surface area contributed by atoms with Crippen molar-refractivity contribution in [2.75, 3.05) is 24.3 Å². The average Bonchev–Trinajstić information content (AvgIpc) is 2.45. The van der Waals surface area contributed by atoms with Crippen LogP contribution < -0.4 is 16.8 Å². The van der Waals surface area contributed by atoms with Crippen LogP contribution in [0.5, 0.6) is 0 Å². The molecule has 0 bridgehead atoms. The molecule has 1 fully saturated rings. The molecule has 0 spiro atoms. The first-order valence-electron chi connectivity index (χ1n) is 7.04. The molecule has 5 heteroatoms. The topological polar surface area (TPSA) is 81.1 Å². The first-order valence-corrected chi connectivity index (χ1v) is 8.26. The Hall–Kier alpha value is -1.36. The molecule has 0 aromatic heterocycles. The van der Waals surface area contributed by atoms with E-state index in [0.717, 1.165) is 0 Å². The number of thioether (sulfide) groups is 1. The Kier molecular flexibility index (Phi) is 4.81. The van der Waals surface area contributed by atoms with Crippen molar-refractivity contribution >= 4 is 29.0 Å². The number of nitrogens with one attached hydrogen (secondary N) is 1. The third-order valence-corrected chi connectivity index (χ3v) is 5.43. The Morgan fingerprint density at radius 1 is 1.20 bits per heavy atom. The predicted molar refractivity (Wildman–Crippen MR) is 86.9 cm³/mol. The Balaban J connectivity index is 2.00. The van der Waals surface area contributed by atoms with Gasteiger partial charge in [0, 0.05) is 28.2 Å². The lowest BCUT2D eigenvalue weighted by Gasteiger charge is -2.35. The number of amides is 1. The molecule has 1 aromatic rings. The molecular weight excluding hydrogens is 270 g/mol. The highest BCUT2D eigenvalue weighted by Gasteiger charge is 2.31. The summed E-state index contributed by atoms with van der Waals surface area (Å²) < 4.78 is 0.194. The molecule has 1 saturated carbocycles. The van der Waals surface area contributed by atoms with Gasteiger partial charge in [-0.25, -0.2) is 0 Å². The zero-order valence-electron chi connectivity index (χ0n) is 11.9. The molecule has 0 heterocycles. The Bertz CT molecular complexity index is 464. The van der Waals surface area contributed by atoms with E-state index in [0.29, 0.717) is 23.5 Å². The number of benzene rings is 1. The smallest absolute Gasteiger partial charge is 0.251 e. The fraction of sp³-hybridized carbons (Fsp3) is 0.533. The number of rotatable bonds is 4. The van der Waals surface area contributed by atoms with Gasteiger partial charge in [-0.15, -0.1) is 0 Å². The van der Waals surface area contributed by atoms with Crippen molar-refractivity contribution in [3.63, 3.8) is 0 Å². The van der Waals surface area contributed by atoms with Crippen LogP contribution in [0, 0.1) is 0 Å². The van der Waals surface area contributed by atoms with Gasteiger partial charge in [-0.2, -0.15) is 11.8 Å². The standard InChI is InChI=1S/C15H23N3OS/c1-20-15(5-3-2-4-6-15)10-18-14(19)11-7-12(16)9-13(17)8-11/h7-9H,2-6,10,16-17H2,1H3,(H,18,19). The van der Waals surface area contributed by atoms with Gasteiger partial charge in [0.25, 0.3) is 5.91 Å².